The Morgan fingerprint density at radius 2 is 1.51 bits per heavy atom. The van der Waals surface area contributed by atoms with Gasteiger partial charge in [-0.3, -0.25) is 14.6 Å². The number of methoxy groups -OCH3 is 1. The molecule has 256 valence electrons. The van der Waals surface area contributed by atoms with E-state index in [0.717, 1.165) is 31.0 Å². The maximum Gasteiger partial charge on any atom is 0.240 e. The van der Waals surface area contributed by atoms with E-state index in [4.69, 9.17) is 14.2 Å². The molecule has 3 fully saturated rings. The highest BCUT2D eigenvalue weighted by Gasteiger charge is 2.56. The Morgan fingerprint density at radius 1 is 0.816 bits per heavy atom. The third-order valence-electron chi connectivity index (χ3n) is 9.28. The number of amides is 2. The summed E-state index contributed by atoms with van der Waals surface area (Å²) in [7, 11) is 1.56. The number of hydrogen-bond acceptors (Lipinski definition) is 8. The molecule has 0 unspecified atom stereocenters. The molecule has 9 nitrogen and oxygen atoms in total. The molecule has 7 rings (SSSR count). The van der Waals surface area contributed by atoms with E-state index in [1.165, 1.54) is 42.5 Å². The van der Waals surface area contributed by atoms with Crippen molar-refractivity contribution >= 4 is 45.9 Å². The minimum atomic E-state index is -1.40. The average Bonchev–Trinajstić information content (AvgIpc) is 4.04. The molecule has 0 bridgehead atoms. The molecule has 2 heterocycles. The van der Waals surface area contributed by atoms with Gasteiger partial charge in [0.25, 0.3) is 0 Å². The number of ether oxygens (including phenoxy) is 3. The standard InChI is InChI=1S/C36H35F3N4O5S/c1-46-31-18-24-28(19-32(31)47-20-35(9-10-35)43-21-7-14-49-15-8-21)40-13-6-29(24)48-30-5-3-23(17-27(30)39)42-34(45)36(11-12-36)33(44)41-22-2-4-25(37)26(38)16-22/h2-6,13,16-19,21,43H,7-12,14-15,20H2,1H3,(H,41,44)(H,42,45). The number of benzene rings is 3. The van der Waals surface area contributed by atoms with Crippen LogP contribution in [0.2, 0.25) is 0 Å². The van der Waals surface area contributed by atoms with Crippen molar-refractivity contribution in [2.45, 2.75) is 50.1 Å². The number of halogens is 3. The minimum absolute atomic E-state index is 0.0220. The average molecular weight is 693 g/mol. The number of hydrogen-bond donors (Lipinski definition) is 3. The summed E-state index contributed by atoms with van der Waals surface area (Å²) in [4.78, 5) is 30.4. The zero-order chi connectivity index (χ0) is 34.2. The number of anilines is 2. The Hall–Kier alpha value is -4.49. The molecule has 2 saturated carbocycles. The second-order valence-corrected chi connectivity index (χ2v) is 14.0. The van der Waals surface area contributed by atoms with E-state index in [1.54, 1.807) is 31.5 Å². The number of carbonyl (C=O) groups excluding carboxylic acids is 2. The number of aromatic nitrogens is 1. The van der Waals surface area contributed by atoms with Gasteiger partial charge in [0.15, 0.2) is 34.7 Å². The van der Waals surface area contributed by atoms with E-state index >= 15 is 4.39 Å². The summed E-state index contributed by atoms with van der Waals surface area (Å²) in [5, 5.41) is 9.46. The maximum absolute atomic E-state index is 15.3. The molecule has 4 aromatic rings. The predicted octanol–water partition coefficient (Wildman–Crippen LogP) is 7.21. The van der Waals surface area contributed by atoms with Crippen LogP contribution in [-0.4, -0.2) is 53.6 Å². The number of pyridine rings is 1. The van der Waals surface area contributed by atoms with E-state index in [1.807, 2.05) is 11.8 Å². The van der Waals surface area contributed by atoms with E-state index in [-0.39, 0.29) is 35.5 Å². The smallest absolute Gasteiger partial charge is 0.240 e. The normalized spacial score (nSPS) is 17.6. The van der Waals surface area contributed by atoms with Gasteiger partial charge in [0.2, 0.25) is 11.8 Å². The lowest BCUT2D eigenvalue weighted by atomic mass is 10.0. The van der Waals surface area contributed by atoms with E-state index in [9.17, 15) is 18.4 Å². The molecule has 0 atom stereocenters. The molecule has 49 heavy (non-hydrogen) atoms. The molecule has 1 aliphatic heterocycles. The van der Waals surface area contributed by atoms with Crippen LogP contribution in [0.1, 0.15) is 38.5 Å². The third-order valence-corrected chi connectivity index (χ3v) is 10.3. The molecule has 13 heteroatoms. The second kappa shape index (κ2) is 13.4. The zero-order valence-electron chi connectivity index (χ0n) is 26.7. The van der Waals surface area contributed by atoms with Crippen LogP contribution in [0.4, 0.5) is 24.5 Å². The minimum Gasteiger partial charge on any atom is -0.493 e. The van der Waals surface area contributed by atoms with Crippen molar-refractivity contribution in [2.75, 3.05) is 35.9 Å². The molecule has 2 amide bonds. The first-order valence-electron chi connectivity index (χ1n) is 16.2. The third kappa shape index (κ3) is 7.13. The first-order chi connectivity index (χ1) is 23.7. The fraction of sp³-hybridized carbons (Fsp3) is 0.361. The Bertz CT molecular complexity index is 1910. The van der Waals surface area contributed by atoms with Crippen LogP contribution < -0.4 is 30.2 Å². The van der Waals surface area contributed by atoms with E-state index in [2.05, 4.69) is 20.9 Å². The van der Waals surface area contributed by atoms with Crippen molar-refractivity contribution < 1.29 is 37.0 Å². The Labute approximate surface area is 285 Å². The molecule has 1 aromatic heterocycles. The summed E-state index contributed by atoms with van der Waals surface area (Å²) >= 11 is 2.00. The van der Waals surface area contributed by atoms with Crippen molar-refractivity contribution in [3.8, 4) is 23.0 Å². The van der Waals surface area contributed by atoms with Crippen LogP contribution in [0.15, 0.2) is 60.8 Å². The molecule has 0 spiro atoms. The largest absolute Gasteiger partial charge is 0.493 e. The maximum atomic E-state index is 15.3. The highest BCUT2D eigenvalue weighted by Crippen LogP contribution is 2.48. The van der Waals surface area contributed by atoms with Crippen LogP contribution in [-0.2, 0) is 9.59 Å². The summed E-state index contributed by atoms with van der Waals surface area (Å²) in [6.07, 6.45) is 6.52. The number of thioether (sulfide) groups is 1. The van der Waals surface area contributed by atoms with E-state index in [0.29, 0.717) is 40.8 Å². The zero-order valence-corrected chi connectivity index (χ0v) is 27.6. The molecule has 2 aliphatic carbocycles. The summed E-state index contributed by atoms with van der Waals surface area (Å²) in [5.74, 6) is -0.555. The molecule has 1 saturated heterocycles. The molecule has 3 N–H and O–H groups in total. The van der Waals surface area contributed by atoms with Crippen molar-refractivity contribution in [3.05, 3.63) is 78.2 Å². The predicted molar refractivity (Wildman–Crippen MR) is 181 cm³/mol. The van der Waals surface area contributed by atoms with Crippen molar-refractivity contribution in [2.24, 2.45) is 5.41 Å². The number of nitrogens with zero attached hydrogens (tertiary/aromatic N) is 1. The second-order valence-electron chi connectivity index (χ2n) is 12.8. The van der Waals surface area contributed by atoms with Gasteiger partial charge < -0.3 is 30.2 Å². The van der Waals surface area contributed by atoms with Crippen LogP contribution in [0, 0.1) is 22.9 Å². The van der Waals surface area contributed by atoms with Gasteiger partial charge in [0, 0.05) is 47.2 Å². The quantitative estimate of drug-likeness (QED) is 0.134. The summed E-state index contributed by atoms with van der Waals surface area (Å²) < 4.78 is 60.1. The topological polar surface area (TPSA) is 111 Å². The van der Waals surface area contributed by atoms with Gasteiger partial charge in [-0.25, -0.2) is 13.2 Å². The van der Waals surface area contributed by atoms with E-state index < -0.39 is 34.7 Å². The number of nitrogens with one attached hydrogen (secondary N) is 3. The van der Waals surface area contributed by atoms with Crippen molar-refractivity contribution in [1.29, 1.82) is 0 Å². The summed E-state index contributed by atoms with van der Waals surface area (Å²) in [6.45, 7) is 0.517. The highest BCUT2D eigenvalue weighted by molar-refractivity contribution is 7.99. The Kier molecular flexibility index (Phi) is 9.05. The molecular weight excluding hydrogens is 657 g/mol. The van der Waals surface area contributed by atoms with Crippen LogP contribution in [0.25, 0.3) is 10.9 Å². The van der Waals surface area contributed by atoms with Crippen LogP contribution in [0.5, 0.6) is 23.0 Å². The summed E-state index contributed by atoms with van der Waals surface area (Å²) in [5.41, 5.74) is -0.705. The van der Waals surface area contributed by atoms with Gasteiger partial charge in [-0.1, -0.05) is 0 Å². The van der Waals surface area contributed by atoms with Gasteiger partial charge in [-0.15, -0.1) is 0 Å². The molecular formula is C36H35F3N4O5S. The number of rotatable bonds is 12. The number of fused-ring (bicyclic) bond motifs is 1. The fourth-order valence-electron chi connectivity index (χ4n) is 6.00. The Balaban J connectivity index is 1.01. The first-order valence-corrected chi connectivity index (χ1v) is 17.3. The number of carbonyl (C=O) groups is 2. The molecule has 3 aromatic carbocycles. The van der Waals surface area contributed by atoms with Gasteiger partial charge in [-0.2, -0.15) is 11.8 Å². The van der Waals surface area contributed by atoms with Gasteiger partial charge in [-0.05, 0) is 86.4 Å². The van der Waals surface area contributed by atoms with Gasteiger partial charge in [0.05, 0.1) is 18.2 Å². The van der Waals surface area contributed by atoms with Crippen LogP contribution in [0.3, 0.4) is 0 Å². The van der Waals surface area contributed by atoms with Gasteiger partial charge in [0.1, 0.15) is 17.8 Å². The van der Waals surface area contributed by atoms with Crippen molar-refractivity contribution in [3.63, 3.8) is 0 Å². The summed E-state index contributed by atoms with van der Waals surface area (Å²) in [6, 6.07) is 12.5. The lowest BCUT2D eigenvalue weighted by Gasteiger charge is -2.28. The fourth-order valence-corrected chi connectivity index (χ4v) is 7.11. The lowest BCUT2D eigenvalue weighted by molar-refractivity contribution is -0.131. The Morgan fingerprint density at radius 3 is 2.14 bits per heavy atom. The highest BCUT2D eigenvalue weighted by atomic mass is 32.2. The monoisotopic (exact) mass is 692 g/mol. The lowest BCUT2D eigenvalue weighted by Crippen LogP contribution is -2.45. The van der Waals surface area contributed by atoms with Crippen LogP contribution >= 0.6 is 11.8 Å². The first kappa shape index (κ1) is 33.0. The van der Waals surface area contributed by atoms with Gasteiger partial charge >= 0.3 is 0 Å². The van der Waals surface area contributed by atoms with Crippen molar-refractivity contribution in [1.82, 2.24) is 10.3 Å². The molecule has 0 radical (unpaired) electrons. The SMILES string of the molecule is COc1cc2c(Oc3ccc(NC(=O)C4(C(=O)Nc5ccc(F)c(F)c5)CC4)cc3F)ccnc2cc1OCC1(NC2CCSCC2)CC1. The molecule has 3 aliphatic rings.